The molecule has 0 saturated carbocycles. The zero-order valence-corrected chi connectivity index (χ0v) is 19.9. The Bertz CT molecular complexity index is 983. The number of rotatable bonds is 13. The van der Waals surface area contributed by atoms with Crippen LogP contribution in [0.15, 0.2) is 30.5 Å². The van der Waals surface area contributed by atoms with E-state index in [4.69, 9.17) is 10.8 Å². The molecule has 1 heterocycles. The Hall–Kier alpha value is -2.70. The van der Waals surface area contributed by atoms with Crippen molar-refractivity contribution in [1.29, 1.82) is 0 Å². The Morgan fingerprint density at radius 1 is 1.15 bits per heavy atom. The number of aromatic nitrogens is 1. The summed E-state index contributed by atoms with van der Waals surface area (Å²) < 4.78 is 0. The van der Waals surface area contributed by atoms with Gasteiger partial charge in [-0.3, -0.25) is 14.4 Å². The minimum Gasteiger partial charge on any atom is -0.480 e. The van der Waals surface area contributed by atoms with E-state index in [1.807, 2.05) is 30.5 Å². The minimum atomic E-state index is -1.23. The molecule has 3 amide bonds. The number of H-pyrrole nitrogens is 1. The van der Waals surface area contributed by atoms with E-state index in [0.29, 0.717) is 12.2 Å². The summed E-state index contributed by atoms with van der Waals surface area (Å²) >= 11 is 5.45. The number of hydrogen-bond donors (Lipinski definition) is 7. The third-order valence-electron chi connectivity index (χ3n) is 4.94. The van der Waals surface area contributed by atoms with Gasteiger partial charge in [0.15, 0.2) is 0 Å². The molecule has 1 aromatic carbocycles. The van der Waals surface area contributed by atoms with E-state index in [0.717, 1.165) is 16.5 Å². The number of thioether (sulfide) groups is 1. The molecule has 12 heteroatoms. The van der Waals surface area contributed by atoms with Crippen LogP contribution in [0, 0.1) is 0 Å². The molecule has 3 atom stereocenters. The third kappa shape index (κ3) is 7.98. The van der Waals surface area contributed by atoms with Crippen molar-refractivity contribution in [2.24, 2.45) is 5.73 Å². The second-order valence-corrected chi connectivity index (χ2v) is 8.72. The smallest absolute Gasteiger partial charge is 0.327 e. The molecule has 1 aromatic heterocycles. The lowest BCUT2D eigenvalue weighted by atomic mass is 10.0. The predicted octanol–water partition coefficient (Wildman–Crippen LogP) is -0.109. The number of aliphatic carboxylic acids is 1. The number of nitrogens with two attached hydrogens (primary N) is 1. The molecule has 0 spiro atoms. The van der Waals surface area contributed by atoms with Gasteiger partial charge in [-0.15, -0.1) is 0 Å². The molecule has 10 nitrogen and oxygen atoms in total. The lowest BCUT2D eigenvalue weighted by molar-refractivity contribution is -0.141. The average molecular weight is 496 g/mol. The highest BCUT2D eigenvalue weighted by atomic mass is 32.2. The number of carboxylic acids is 1. The van der Waals surface area contributed by atoms with E-state index in [9.17, 15) is 19.2 Å². The summed E-state index contributed by atoms with van der Waals surface area (Å²) in [6, 6.07) is 4.63. The van der Waals surface area contributed by atoms with Gasteiger partial charge in [0, 0.05) is 29.3 Å². The molecule has 33 heavy (non-hydrogen) atoms. The molecule has 3 unspecified atom stereocenters. The second kappa shape index (κ2) is 13.1. The Labute approximate surface area is 201 Å². The van der Waals surface area contributed by atoms with Crippen molar-refractivity contribution in [1.82, 2.24) is 20.9 Å². The average Bonchev–Trinajstić information content (AvgIpc) is 3.21. The predicted molar refractivity (Wildman–Crippen MR) is 131 cm³/mol. The van der Waals surface area contributed by atoms with E-state index in [2.05, 4.69) is 33.6 Å². The van der Waals surface area contributed by atoms with Crippen molar-refractivity contribution in [3.05, 3.63) is 36.0 Å². The van der Waals surface area contributed by atoms with Crippen LogP contribution in [0.4, 0.5) is 0 Å². The summed E-state index contributed by atoms with van der Waals surface area (Å²) in [4.78, 5) is 51.7. The fourth-order valence-corrected chi connectivity index (χ4v) is 3.84. The van der Waals surface area contributed by atoms with Gasteiger partial charge >= 0.3 is 5.97 Å². The maximum Gasteiger partial charge on any atom is 0.327 e. The fraction of sp³-hybridized carbons (Fsp3) is 0.429. The monoisotopic (exact) mass is 495 g/mol. The summed E-state index contributed by atoms with van der Waals surface area (Å²) in [6.45, 7) is -0.449. The number of carbonyl (C=O) groups excluding carboxylic acids is 3. The van der Waals surface area contributed by atoms with Crippen molar-refractivity contribution in [3.63, 3.8) is 0 Å². The number of benzene rings is 1. The Kier molecular flexibility index (Phi) is 10.6. The Balaban J connectivity index is 2.10. The number of carboxylic acid groups (broad SMARTS) is 1. The number of fused-ring (bicyclic) bond motifs is 1. The zero-order valence-electron chi connectivity index (χ0n) is 18.2. The summed E-state index contributed by atoms with van der Waals surface area (Å²) in [5.41, 5.74) is 7.65. The minimum absolute atomic E-state index is 0.0950. The van der Waals surface area contributed by atoms with Crippen LogP contribution >= 0.6 is 24.4 Å². The molecule has 0 bridgehead atoms. The van der Waals surface area contributed by atoms with E-state index >= 15 is 0 Å². The van der Waals surface area contributed by atoms with Crippen molar-refractivity contribution in [2.75, 3.05) is 24.3 Å². The molecule has 0 radical (unpaired) electrons. The van der Waals surface area contributed by atoms with Gasteiger partial charge in [-0.05, 0) is 30.1 Å². The van der Waals surface area contributed by atoms with Crippen LogP contribution < -0.4 is 21.7 Å². The van der Waals surface area contributed by atoms with Crippen LogP contribution in [0.3, 0.4) is 0 Å². The molecular formula is C21H29N5O5S2. The molecule has 0 aliphatic rings. The molecule has 0 fully saturated rings. The SMILES string of the molecule is CSCCC(N)C(=O)NC(Cc1c[nH]c2ccccc12)C(=O)NCC(=O)NC(CS)C(=O)O. The molecule has 0 aliphatic heterocycles. The number of para-hydroxylation sites is 1. The summed E-state index contributed by atoms with van der Waals surface area (Å²) in [5, 5.41) is 17.3. The van der Waals surface area contributed by atoms with Crippen LogP contribution in [0.5, 0.6) is 0 Å². The van der Waals surface area contributed by atoms with Crippen molar-refractivity contribution >= 4 is 59.0 Å². The van der Waals surface area contributed by atoms with Crippen LogP contribution in [0.25, 0.3) is 10.9 Å². The van der Waals surface area contributed by atoms with Crippen LogP contribution in [0.1, 0.15) is 12.0 Å². The highest BCUT2D eigenvalue weighted by molar-refractivity contribution is 7.98. The number of hydrogen-bond acceptors (Lipinski definition) is 7. The molecule has 7 N–H and O–H groups in total. The maximum atomic E-state index is 12.9. The van der Waals surface area contributed by atoms with E-state index in [1.54, 1.807) is 18.0 Å². The molecule has 180 valence electrons. The highest BCUT2D eigenvalue weighted by Gasteiger charge is 2.26. The first kappa shape index (κ1) is 26.6. The topological polar surface area (TPSA) is 166 Å². The number of nitrogens with one attached hydrogen (secondary N) is 4. The molecule has 0 saturated heterocycles. The summed E-state index contributed by atoms with van der Waals surface area (Å²) in [5.74, 6) is -2.35. The first-order valence-electron chi connectivity index (χ1n) is 10.3. The van der Waals surface area contributed by atoms with Gasteiger partial charge in [-0.2, -0.15) is 24.4 Å². The van der Waals surface area contributed by atoms with Gasteiger partial charge in [0.2, 0.25) is 17.7 Å². The van der Waals surface area contributed by atoms with Crippen molar-refractivity contribution < 1.29 is 24.3 Å². The Morgan fingerprint density at radius 2 is 1.88 bits per heavy atom. The summed E-state index contributed by atoms with van der Waals surface area (Å²) in [6.07, 6.45) is 4.30. The molecule has 2 aromatic rings. The van der Waals surface area contributed by atoms with Gasteiger partial charge < -0.3 is 31.8 Å². The number of thiol groups is 1. The van der Waals surface area contributed by atoms with E-state index in [1.165, 1.54) is 0 Å². The quantitative estimate of drug-likeness (QED) is 0.190. The van der Waals surface area contributed by atoms with Gasteiger partial charge in [0.25, 0.3) is 0 Å². The van der Waals surface area contributed by atoms with E-state index < -0.39 is 48.4 Å². The molecule has 2 rings (SSSR count). The van der Waals surface area contributed by atoms with Crippen LogP contribution in [0.2, 0.25) is 0 Å². The first-order valence-corrected chi connectivity index (χ1v) is 12.3. The first-order chi connectivity index (χ1) is 15.8. The normalized spacial score (nSPS) is 13.7. The fourth-order valence-electron chi connectivity index (χ4n) is 3.11. The largest absolute Gasteiger partial charge is 0.480 e. The zero-order chi connectivity index (χ0) is 24.4. The lowest BCUT2D eigenvalue weighted by Crippen LogP contribution is -2.54. The molecular weight excluding hydrogens is 466 g/mol. The maximum absolute atomic E-state index is 12.9. The molecule has 0 aliphatic carbocycles. The standard InChI is InChI=1S/C21H29N5O5S2/c1-33-7-6-14(22)19(28)26-16(8-12-9-23-15-5-3-2-4-13(12)15)20(29)24-10-18(27)25-17(11-32)21(30)31/h2-5,9,14,16-17,23,32H,6-8,10-11,22H2,1H3,(H,24,29)(H,25,27)(H,26,28)(H,30,31). The number of carbonyl (C=O) groups is 4. The second-order valence-electron chi connectivity index (χ2n) is 7.37. The summed E-state index contributed by atoms with van der Waals surface area (Å²) in [7, 11) is 0. The van der Waals surface area contributed by atoms with Gasteiger partial charge in [-0.1, -0.05) is 18.2 Å². The van der Waals surface area contributed by atoms with E-state index in [-0.39, 0.29) is 12.2 Å². The lowest BCUT2D eigenvalue weighted by Gasteiger charge is -2.21. The van der Waals surface area contributed by atoms with Gasteiger partial charge in [0.1, 0.15) is 12.1 Å². The third-order valence-corrected chi connectivity index (χ3v) is 5.95. The van der Waals surface area contributed by atoms with Gasteiger partial charge in [0.05, 0.1) is 12.6 Å². The number of amides is 3. The van der Waals surface area contributed by atoms with Crippen molar-refractivity contribution in [3.8, 4) is 0 Å². The van der Waals surface area contributed by atoms with Gasteiger partial charge in [-0.25, -0.2) is 4.79 Å². The van der Waals surface area contributed by atoms with Crippen LogP contribution in [-0.2, 0) is 25.6 Å². The van der Waals surface area contributed by atoms with Crippen LogP contribution in [-0.4, -0.2) is 76.2 Å². The number of aromatic amines is 1. The van der Waals surface area contributed by atoms with Crippen molar-refractivity contribution in [2.45, 2.75) is 31.0 Å². The Morgan fingerprint density at radius 3 is 2.55 bits per heavy atom. The highest BCUT2D eigenvalue weighted by Crippen LogP contribution is 2.19.